The van der Waals surface area contributed by atoms with E-state index in [-0.39, 0.29) is 0 Å². The zero-order valence-electron chi connectivity index (χ0n) is 23.8. The van der Waals surface area contributed by atoms with Crippen molar-refractivity contribution in [2.24, 2.45) is 0 Å². The third kappa shape index (κ3) is 3.80. The lowest BCUT2D eigenvalue weighted by Gasteiger charge is -2.11. The summed E-state index contributed by atoms with van der Waals surface area (Å²) < 4.78 is 9.28. The summed E-state index contributed by atoms with van der Waals surface area (Å²) in [5, 5.41) is 4.67. The molecular formula is C41H26N2O. The third-order valence-corrected chi connectivity index (χ3v) is 8.64. The smallest absolute Gasteiger partial charge is 0.159 e. The lowest BCUT2D eigenvalue weighted by molar-refractivity contribution is 0.667. The van der Waals surface area contributed by atoms with Crippen molar-refractivity contribution in [1.82, 2.24) is 9.55 Å². The van der Waals surface area contributed by atoms with Gasteiger partial charge in [-0.15, -0.1) is 0 Å². The molecule has 3 heteroatoms. The number of benzene rings is 6. The van der Waals surface area contributed by atoms with Crippen molar-refractivity contribution < 1.29 is 4.42 Å². The highest BCUT2D eigenvalue weighted by Crippen LogP contribution is 2.42. The Morgan fingerprint density at radius 3 is 1.80 bits per heavy atom. The molecule has 3 nitrogen and oxygen atoms in total. The van der Waals surface area contributed by atoms with Crippen LogP contribution in [0.3, 0.4) is 0 Å². The minimum atomic E-state index is 0.880. The Balaban J connectivity index is 1.32. The monoisotopic (exact) mass is 562 g/mol. The number of fused-ring (bicyclic) bond motifs is 6. The van der Waals surface area contributed by atoms with Gasteiger partial charge in [-0.05, 0) is 65.2 Å². The molecule has 206 valence electrons. The molecule has 0 fully saturated rings. The topological polar surface area (TPSA) is 31.0 Å². The van der Waals surface area contributed by atoms with Crippen molar-refractivity contribution in [2.45, 2.75) is 0 Å². The Labute approximate surface area is 254 Å². The van der Waals surface area contributed by atoms with Crippen molar-refractivity contribution >= 4 is 43.7 Å². The molecule has 0 atom stereocenters. The van der Waals surface area contributed by atoms with E-state index in [1.807, 2.05) is 18.3 Å². The van der Waals surface area contributed by atoms with E-state index in [0.29, 0.717) is 0 Å². The molecule has 3 aromatic heterocycles. The van der Waals surface area contributed by atoms with Crippen LogP contribution < -0.4 is 0 Å². The zero-order chi connectivity index (χ0) is 29.0. The Hall–Kier alpha value is -5.93. The molecule has 0 bridgehead atoms. The van der Waals surface area contributed by atoms with Crippen LogP contribution >= 0.6 is 0 Å². The summed E-state index contributed by atoms with van der Waals surface area (Å²) in [6.45, 7) is 0. The first-order valence-electron chi connectivity index (χ1n) is 14.9. The standard InChI is InChI=1S/C41H26N2O/c1-2-12-27(13-3-1)28-24-29(26-30(25-28)36-19-8-9-23-42-36)31-16-10-17-34-35-18-11-22-39(41(35)44-40(31)34)43-37-20-6-4-14-32(37)33-15-5-7-21-38(33)43/h1-26H. The Morgan fingerprint density at radius 2 is 1.05 bits per heavy atom. The number of rotatable bonds is 4. The molecule has 0 unspecified atom stereocenters. The van der Waals surface area contributed by atoms with Gasteiger partial charge >= 0.3 is 0 Å². The summed E-state index contributed by atoms with van der Waals surface area (Å²) in [7, 11) is 0. The van der Waals surface area contributed by atoms with Gasteiger partial charge in [0, 0.05) is 38.9 Å². The number of nitrogens with zero attached hydrogens (tertiary/aromatic N) is 2. The molecule has 44 heavy (non-hydrogen) atoms. The SMILES string of the molecule is c1ccc(-c2cc(-c3ccccn3)cc(-c3cccc4c3oc3c(-n5c6ccccc6c6ccccc65)cccc34)c2)cc1. The van der Waals surface area contributed by atoms with Gasteiger partial charge in [0.25, 0.3) is 0 Å². The first-order valence-corrected chi connectivity index (χ1v) is 14.9. The van der Waals surface area contributed by atoms with Crippen molar-refractivity contribution in [3.8, 4) is 39.2 Å². The number of hydrogen-bond acceptors (Lipinski definition) is 2. The number of hydrogen-bond donors (Lipinski definition) is 0. The molecule has 0 radical (unpaired) electrons. The van der Waals surface area contributed by atoms with E-state index in [2.05, 4.69) is 149 Å². The van der Waals surface area contributed by atoms with Crippen LogP contribution in [-0.4, -0.2) is 9.55 Å². The summed E-state index contributed by atoms with van der Waals surface area (Å²) in [5.74, 6) is 0. The first-order chi connectivity index (χ1) is 21.8. The molecule has 3 heterocycles. The second kappa shape index (κ2) is 9.82. The molecule has 0 aliphatic carbocycles. The van der Waals surface area contributed by atoms with Crippen LogP contribution in [0.15, 0.2) is 162 Å². The quantitative estimate of drug-likeness (QED) is 0.214. The second-order valence-electron chi connectivity index (χ2n) is 11.2. The Bertz CT molecular complexity index is 2380. The molecule has 6 aromatic carbocycles. The third-order valence-electron chi connectivity index (χ3n) is 8.64. The van der Waals surface area contributed by atoms with Crippen molar-refractivity contribution in [3.05, 3.63) is 158 Å². The number of aromatic nitrogens is 2. The summed E-state index contributed by atoms with van der Waals surface area (Å²) in [6, 6.07) is 53.4. The number of furan rings is 1. The van der Waals surface area contributed by atoms with Crippen LogP contribution in [0.2, 0.25) is 0 Å². The van der Waals surface area contributed by atoms with Crippen LogP contribution in [0.5, 0.6) is 0 Å². The van der Waals surface area contributed by atoms with Crippen LogP contribution in [-0.2, 0) is 0 Å². The second-order valence-corrected chi connectivity index (χ2v) is 11.2. The molecule has 0 saturated carbocycles. The largest absolute Gasteiger partial charge is 0.453 e. The highest BCUT2D eigenvalue weighted by atomic mass is 16.3. The summed E-state index contributed by atoms with van der Waals surface area (Å²) >= 11 is 0. The van der Waals surface area contributed by atoms with Gasteiger partial charge in [0.05, 0.1) is 22.4 Å². The average molecular weight is 563 g/mol. The predicted octanol–water partition coefficient (Wildman–Crippen LogP) is 11.1. The zero-order valence-corrected chi connectivity index (χ0v) is 23.8. The highest BCUT2D eigenvalue weighted by Gasteiger charge is 2.19. The van der Waals surface area contributed by atoms with Gasteiger partial charge in [-0.25, -0.2) is 0 Å². The van der Waals surface area contributed by atoms with Gasteiger partial charge in [0.15, 0.2) is 5.58 Å². The van der Waals surface area contributed by atoms with Crippen molar-refractivity contribution in [3.63, 3.8) is 0 Å². The van der Waals surface area contributed by atoms with Crippen LogP contribution in [0.4, 0.5) is 0 Å². The first kappa shape index (κ1) is 24.6. The van der Waals surface area contributed by atoms with E-state index in [4.69, 9.17) is 4.42 Å². The maximum absolute atomic E-state index is 6.95. The maximum Gasteiger partial charge on any atom is 0.159 e. The lowest BCUT2D eigenvalue weighted by atomic mass is 9.94. The number of pyridine rings is 1. The molecule has 9 rings (SSSR count). The summed E-state index contributed by atoms with van der Waals surface area (Å²) in [5.41, 5.74) is 11.6. The van der Waals surface area contributed by atoms with Crippen LogP contribution in [0.1, 0.15) is 0 Å². The maximum atomic E-state index is 6.95. The van der Waals surface area contributed by atoms with Gasteiger partial charge in [-0.1, -0.05) is 103 Å². The summed E-state index contributed by atoms with van der Waals surface area (Å²) in [4.78, 5) is 4.68. The molecular weight excluding hydrogens is 536 g/mol. The Kier molecular flexibility index (Phi) is 5.50. The van der Waals surface area contributed by atoms with E-state index < -0.39 is 0 Å². The van der Waals surface area contributed by atoms with E-state index >= 15 is 0 Å². The lowest BCUT2D eigenvalue weighted by Crippen LogP contribution is -1.93. The van der Waals surface area contributed by atoms with Crippen molar-refractivity contribution in [2.75, 3.05) is 0 Å². The summed E-state index contributed by atoms with van der Waals surface area (Å²) in [6.07, 6.45) is 1.85. The van der Waals surface area contributed by atoms with E-state index in [9.17, 15) is 0 Å². The minimum absolute atomic E-state index is 0.880. The van der Waals surface area contributed by atoms with Gasteiger partial charge in [-0.3, -0.25) is 4.98 Å². The molecule has 0 aliphatic heterocycles. The van der Waals surface area contributed by atoms with Gasteiger partial charge in [-0.2, -0.15) is 0 Å². The molecule has 0 spiro atoms. The van der Waals surface area contributed by atoms with Crippen molar-refractivity contribution in [1.29, 1.82) is 0 Å². The fourth-order valence-electron chi connectivity index (χ4n) is 6.65. The number of para-hydroxylation sites is 4. The molecule has 0 aliphatic rings. The predicted molar refractivity (Wildman–Crippen MR) is 182 cm³/mol. The normalized spacial score (nSPS) is 11.6. The molecule has 9 aromatic rings. The molecule has 0 saturated heterocycles. The molecule has 0 N–H and O–H groups in total. The van der Waals surface area contributed by atoms with E-state index in [1.165, 1.54) is 10.8 Å². The van der Waals surface area contributed by atoms with Crippen LogP contribution in [0, 0.1) is 0 Å². The fourth-order valence-corrected chi connectivity index (χ4v) is 6.65. The van der Waals surface area contributed by atoms with Gasteiger partial charge in [0.2, 0.25) is 0 Å². The van der Waals surface area contributed by atoms with E-state index in [0.717, 1.165) is 72.2 Å². The highest BCUT2D eigenvalue weighted by molar-refractivity contribution is 6.14. The average Bonchev–Trinajstić information content (AvgIpc) is 3.65. The van der Waals surface area contributed by atoms with Gasteiger partial charge < -0.3 is 8.98 Å². The minimum Gasteiger partial charge on any atom is -0.453 e. The van der Waals surface area contributed by atoms with Gasteiger partial charge in [0.1, 0.15) is 5.58 Å². The Morgan fingerprint density at radius 1 is 0.432 bits per heavy atom. The fraction of sp³-hybridized carbons (Fsp3) is 0. The molecule has 0 amide bonds. The van der Waals surface area contributed by atoms with E-state index in [1.54, 1.807) is 0 Å². The van der Waals surface area contributed by atoms with Crippen LogP contribution in [0.25, 0.3) is 82.9 Å².